The molecule has 1 saturated heterocycles. The summed E-state index contributed by atoms with van der Waals surface area (Å²) in [6, 6.07) is 0. The van der Waals surface area contributed by atoms with Gasteiger partial charge in [0.1, 0.15) is 0 Å². The summed E-state index contributed by atoms with van der Waals surface area (Å²) in [5.41, 5.74) is -0.399. The van der Waals surface area contributed by atoms with E-state index in [-0.39, 0.29) is 0 Å². The molecule has 16 heavy (non-hydrogen) atoms. The third-order valence-electron chi connectivity index (χ3n) is 3.92. The summed E-state index contributed by atoms with van der Waals surface area (Å²) in [4.78, 5) is 2.30. The molecule has 0 radical (unpaired) electrons. The number of hydrogen-bond donors (Lipinski definition) is 1. The average molecular weight is 227 g/mol. The van der Waals surface area contributed by atoms with E-state index in [1.165, 1.54) is 25.7 Å². The zero-order chi connectivity index (χ0) is 11.4. The third kappa shape index (κ3) is 3.44. The van der Waals surface area contributed by atoms with Crippen LogP contribution in [-0.4, -0.2) is 49.0 Å². The monoisotopic (exact) mass is 227 g/mol. The SMILES string of the molecule is CN(CC1CCCOC1)CC1(O)CCCC1. The number of rotatable bonds is 4. The first-order valence-electron chi connectivity index (χ1n) is 6.67. The van der Waals surface area contributed by atoms with Crippen LogP contribution in [0.25, 0.3) is 0 Å². The van der Waals surface area contributed by atoms with Crippen molar-refractivity contribution < 1.29 is 9.84 Å². The van der Waals surface area contributed by atoms with Crippen molar-refractivity contribution in [2.45, 2.75) is 44.1 Å². The Labute approximate surface area is 98.8 Å². The maximum absolute atomic E-state index is 10.3. The molecule has 0 aromatic carbocycles. The number of ether oxygens (including phenoxy) is 1. The van der Waals surface area contributed by atoms with Gasteiger partial charge in [0, 0.05) is 19.7 Å². The Hall–Kier alpha value is -0.120. The maximum Gasteiger partial charge on any atom is 0.0774 e. The molecule has 1 aliphatic heterocycles. The Kier molecular flexibility index (Phi) is 4.22. The largest absolute Gasteiger partial charge is 0.389 e. The van der Waals surface area contributed by atoms with Crippen LogP contribution in [0.5, 0.6) is 0 Å². The normalized spacial score (nSPS) is 29.8. The van der Waals surface area contributed by atoms with Crippen LogP contribution in [-0.2, 0) is 4.74 Å². The van der Waals surface area contributed by atoms with Gasteiger partial charge in [0.05, 0.1) is 12.2 Å². The fraction of sp³-hybridized carbons (Fsp3) is 1.00. The van der Waals surface area contributed by atoms with E-state index in [2.05, 4.69) is 11.9 Å². The van der Waals surface area contributed by atoms with Gasteiger partial charge in [0.25, 0.3) is 0 Å². The molecule has 0 aromatic rings. The van der Waals surface area contributed by atoms with Crippen LogP contribution in [0.15, 0.2) is 0 Å². The van der Waals surface area contributed by atoms with Crippen molar-refractivity contribution in [1.82, 2.24) is 4.90 Å². The third-order valence-corrected chi connectivity index (χ3v) is 3.92. The standard InChI is InChI=1S/C13H25NO2/c1-14(9-12-5-4-8-16-10-12)11-13(15)6-2-3-7-13/h12,15H,2-11H2,1H3. The van der Waals surface area contributed by atoms with Crippen LogP contribution < -0.4 is 0 Å². The summed E-state index contributed by atoms with van der Waals surface area (Å²) < 4.78 is 5.49. The van der Waals surface area contributed by atoms with Gasteiger partial charge >= 0.3 is 0 Å². The van der Waals surface area contributed by atoms with Crippen molar-refractivity contribution in [1.29, 1.82) is 0 Å². The minimum atomic E-state index is -0.399. The summed E-state index contributed by atoms with van der Waals surface area (Å²) in [6.45, 7) is 3.75. The molecule has 1 saturated carbocycles. The smallest absolute Gasteiger partial charge is 0.0774 e. The van der Waals surface area contributed by atoms with Crippen molar-refractivity contribution in [2.75, 3.05) is 33.4 Å². The van der Waals surface area contributed by atoms with Crippen LogP contribution in [0.3, 0.4) is 0 Å². The van der Waals surface area contributed by atoms with Crippen molar-refractivity contribution in [3.63, 3.8) is 0 Å². The molecule has 2 aliphatic rings. The molecule has 3 nitrogen and oxygen atoms in total. The quantitative estimate of drug-likeness (QED) is 0.792. The number of likely N-dealkylation sites (N-methyl/N-ethyl adjacent to an activating group) is 1. The number of nitrogens with zero attached hydrogens (tertiary/aromatic N) is 1. The predicted molar refractivity (Wildman–Crippen MR) is 64.5 cm³/mol. The molecular weight excluding hydrogens is 202 g/mol. The second-order valence-corrected chi connectivity index (χ2v) is 5.71. The van der Waals surface area contributed by atoms with Gasteiger partial charge in [-0.25, -0.2) is 0 Å². The highest BCUT2D eigenvalue weighted by Crippen LogP contribution is 2.30. The highest BCUT2D eigenvalue weighted by atomic mass is 16.5. The molecule has 1 atom stereocenters. The van der Waals surface area contributed by atoms with E-state index in [9.17, 15) is 5.11 Å². The Bertz CT molecular complexity index is 208. The first-order valence-corrected chi connectivity index (χ1v) is 6.67. The molecule has 0 amide bonds. The number of aliphatic hydroxyl groups is 1. The molecule has 1 heterocycles. The average Bonchev–Trinajstić information content (AvgIpc) is 2.66. The van der Waals surface area contributed by atoms with Crippen molar-refractivity contribution >= 4 is 0 Å². The summed E-state index contributed by atoms with van der Waals surface area (Å²) in [5, 5.41) is 10.3. The molecule has 3 heteroatoms. The Morgan fingerprint density at radius 2 is 2.06 bits per heavy atom. The van der Waals surface area contributed by atoms with E-state index >= 15 is 0 Å². The van der Waals surface area contributed by atoms with E-state index in [4.69, 9.17) is 4.74 Å². The van der Waals surface area contributed by atoms with Crippen LogP contribution in [0.2, 0.25) is 0 Å². The van der Waals surface area contributed by atoms with Gasteiger partial charge in [-0.1, -0.05) is 12.8 Å². The summed E-state index contributed by atoms with van der Waals surface area (Å²) in [5.74, 6) is 0.670. The molecule has 1 aliphatic carbocycles. The molecule has 0 bridgehead atoms. The molecule has 1 unspecified atom stereocenters. The minimum absolute atomic E-state index is 0.399. The van der Waals surface area contributed by atoms with Gasteiger partial charge in [0.15, 0.2) is 0 Å². The van der Waals surface area contributed by atoms with Crippen LogP contribution in [0.1, 0.15) is 38.5 Å². The fourth-order valence-electron chi connectivity index (χ4n) is 3.15. The molecule has 2 rings (SSSR count). The predicted octanol–water partition coefficient (Wildman–Crippen LogP) is 1.65. The highest BCUT2D eigenvalue weighted by Gasteiger charge is 2.32. The van der Waals surface area contributed by atoms with E-state index in [1.807, 2.05) is 0 Å². The van der Waals surface area contributed by atoms with Crippen molar-refractivity contribution in [3.05, 3.63) is 0 Å². The van der Waals surface area contributed by atoms with Crippen molar-refractivity contribution in [2.24, 2.45) is 5.92 Å². The lowest BCUT2D eigenvalue weighted by Crippen LogP contribution is -2.42. The Balaban J connectivity index is 1.72. The van der Waals surface area contributed by atoms with Crippen molar-refractivity contribution in [3.8, 4) is 0 Å². The van der Waals surface area contributed by atoms with Gasteiger partial charge in [-0.2, -0.15) is 0 Å². The van der Waals surface area contributed by atoms with Gasteiger partial charge < -0.3 is 14.7 Å². The van der Waals surface area contributed by atoms with E-state index in [0.29, 0.717) is 5.92 Å². The van der Waals surface area contributed by atoms with Gasteiger partial charge in [-0.15, -0.1) is 0 Å². The minimum Gasteiger partial charge on any atom is -0.389 e. The molecule has 1 N–H and O–H groups in total. The molecule has 94 valence electrons. The first kappa shape index (κ1) is 12.3. The second-order valence-electron chi connectivity index (χ2n) is 5.71. The summed E-state index contributed by atoms with van der Waals surface area (Å²) in [7, 11) is 2.13. The van der Waals surface area contributed by atoms with E-state index in [1.54, 1.807) is 0 Å². The fourth-order valence-corrected chi connectivity index (χ4v) is 3.15. The van der Waals surface area contributed by atoms with Crippen LogP contribution in [0, 0.1) is 5.92 Å². The molecule has 2 fully saturated rings. The van der Waals surface area contributed by atoms with E-state index < -0.39 is 5.60 Å². The first-order chi connectivity index (χ1) is 7.68. The second kappa shape index (κ2) is 5.48. The Morgan fingerprint density at radius 1 is 1.31 bits per heavy atom. The zero-order valence-corrected chi connectivity index (χ0v) is 10.5. The maximum atomic E-state index is 10.3. The zero-order valence-electron chi connectivity index (χ0n) is 10.5. The summed E-state index contributed by atoms with van der Waals surface area (Å²) in [6.07, 6.45) is 6.83. The lowest BCUT2D eigenvalue weighted by Gasteiger charge is -2.32. The van der Waals surface area contributed by atoms with E-state index in [0.717, 1.165) is 39.1 Å². The lowest BCUT2D eigenvalue weighted by molar-refractivity contribution is -0.00194. The van der Waals surface area contributed by atoms with Gasteiger partial charge in [-0.3, -0.25) is 0 Å². The lowest BCUT2D eigenvalue weighted by atomic mass is 9.99. The van der Waals surface area contributed by atoms with Gasteiger partial charge in [0.2, 0.25) is 0 Å². The topological polar surface area (TPSA) is 32.7 Å². The number of hydrogen-bond acceptors (Lipinski definition) is 3. The molecular formula is C13H25NO2. The van der Waals surface area contributed by atoms with Gasteiger partial charge in [-0.05, 0) is 38.6 Å². The van der Waals surface area contributed by atoms with Crippen LogP contribution in [0.4, 0.5) is 0 Å². The summed E-state index contributed by atoms with van der Waals surface area (Å²) >= 11 is 0. The Morgan fingerprint density at radius 3 is 2.69 bits per heavy atom. The van der Waals surface area contributed by atoms with Crippen LogP contribution >= 0.6 is 0 Å². The highest BCUT2D eigenvalue weighted by molar-refractivity contribution is 4.87. The molecule has 0 spiro atoms. The molecule has 0 aromatic heterocycles.